The first-order valence-corrected chi connectivity index (χ1v) is 7.37. The standard InChI is InChI=1S/C14H19N3O2S/c1-8(15)6-7-16-13(18)12-10(3)17-14(20-12)11-5-4-9(2)19-11/h4-5,8H,6-7,15H2,1-3H3,(H,16,18). The smallest absolute Gasteiger partial charge is 0.263 e. The third kappa shape index (κ3) is 3.46. The summed E-state index contributed by atoms with van der Waals surface area (Å²) in [6.45, 7) is 6.20. The molecule has 0 bridgehead atoms. The van der Waals surface area contributed by atoms with Gasteiger partial charge in [-0.3, -0.25) is 4.79 Å². The van der Waals surface area contributed by atoms with E-state index in [4.69, 9.17) is 10.2 Å². The summed E-state index contributed by atoms with van der Waals surface area (Å²) in [6.07, 6.45) is 0.758. The molecule has 6 heteroatoms. The molecular weight excluding hydrogens is 274 g/mol. The van der Waals surface area contributed by atoms with Crippen LogP contribution in [0.3, 0.4) is 0 Å². The van der Waals surface area contributed by atoms with Gasteiger partial charge < -0.3 is 15.5 Å². The Morgan fingerprint density at radius 1 is 1.50 bits per heavy atom. The predicted octanol–water partition coefficient (Wildman–Crippen LogP) is 2.49. The number of aromatic nitrogens is 1. The summed E-state index contributed by atoms with van der Waals surface area (Å²) in [5.74, 6) is 1.43. The highest BCUT2D eigenvalue weighted by Gasteiger charge is 2.17. The van der Waals surface area contributed by atoms with Gasteiger partial charge in [-0.05, 0) is 39.3 Å². The molecule has 0 saturated heterocycles. The van der Waals surface area contributed by atoms with Crippen molar-refractivity contribution in [3.8, 4) is 10.8 Å². The van der Waals surface area contributed by atoms with Crippen LogP contribution in [0.4, 0.5) is 0 Å². The molecule has 1 unspecified atom stereocenters. The molecule has 20 heavy (non-hydrogen) atoms. The minimum absolute atomic E-state index is 0.0829. The molecule has 2 aromatic heterocycles. The lowest BCUT2D eigenvalue weighted by Crippen LogP contribution is -2.28. The highest BCUT2D eigenvalue weighted by atomic mass is 32.1. The Morgan fingerprint density at radius 3 is 2.85 bits per heavy atom. The first kappa shape index (κ1) is 14.7. The fraction of sp³-hybridized carbons (Fsp3) is 0.429. The molecule has 0 fully saturated rings. The van der Waals surface area contributed by atoms with Gasteiger partial charge in [0.25, 0.3) is 5.91 Å². The van der Waals surface area contributed by atoms with Crippen molar-refractivity contribution < 1.29 is 9.21 Å². The van der Waals surface area contributed by atoms with Gasteiger partial charge in [0.1, 0.15) is 10.6 Å². The van der Waals surface area contributed by atoms with Crippen molar-refractivity contribution in [1.29, 1.82) is 0 Å². The van der Waals surface area contributed by atoms with Gasteiger partial charge in [0.15, 0.2) is 10.8 Å². The average Bonchev–Trinajstić information content (AvgIpc) is 2.95. The summed E-state index contributed by atoms with van der Waals surface area (Å²) in [6, 6.07) is 3.83. The van der Waals surface area contributed by atoms with Crippen LogP contribution in [0.2, 0.25) is 0 Å². The highest BCUT2D eigenvalue weighted by Crippen LogP contribution is 2.29. The van der Waals surface area contributed by atoms with Gasteiger partial charge in [0.05, 0.1) is 5.69 Å². The Hall–Kier alpha value is -1.66. The minimum Gasteiger partial charge on any atom is -0.459 e. The summed E-state index contributed by atoms with van der Waals surface area (Å²) in [5, 5.41) is 3.59. The summed E-state index contributed by atoms with van der Waals surface area (Å²) in [5.41, 5.74) is 6.38. The van der Waals surface area contributed by atoms with Crippen molar-refractivity contribution in [1.82, 2.24) is 10.3 Å². The number of carbonyl (C=O) groups is 1. The van der Waals surface area contributed by atoms with Crippen LogP contribution in [-0.4, -0.2) is 23.5 Å². The number of rotatable bonds is 5. The van der Waals surface area contributed by atoms with Gasteiger partial charge in [-0.25, -0.2) is 4.98 Å². The second-order valence-electron chi connectivity index (χ2n) is 4.87. The van der Waals surface area contributed by atoms with Crippen LogP contribution in [0.15, 0.2) is 16.5 Å². The number of nitrogens with one attached hydrogen (secondary N) is 1. The number of nitrogens with two attached hydrogens (primary N) is 1. The second kappa shape index (κ2) is 6.19. The third-order valence-electron chi connectivity index (χ3n) is 2.84. The zero-order chi connectivity index (χ0) is 14.7. The van der Waals surface area contributed by atoms with Crippen molar-refractivity contribution >= 4 is 17.2 Å². The fourth-order valence-corrected chi connectivity index (χ4v) is 2.70. The molecule has 0 aliphatic carbocycles. The van der Waals surface area contributed by atoms with Crippen LogP contribution < -0.4 is 11.1 Å². The predicted molar refractivity (Wildman–Crippen MR) is 79.9 cm³/mol. The SMILES string of the molecule is Cc1ccc(-c2nc(C)c(C(=O)NCCC(C)N)s2)o1. The number of hydrogen-bond acceptors (Lipinski definition) is 5. The average molecular weight is 293 g/mol. The molecule has 0 aliphatic heterocycles. The molecule has 2 aromatic rings. The van der Waals surface area contributed by atoms with Gasteiger partial charge in [0.2, 0.25) is 0 Å². The lowest BCUT2D eigenvalue weighted by Gasteiger charge is -2.06. The molecule has 108 valence electrons. The zero-order valence-corrected chi connectivity index (χ0v) is 12.7. The van der Waals surface area contributed by atoms with E-state index in [1.807, 2.05) is 32.9 Å². The van der Waals surface area contributed by atoms with E-state index in [9.17, 15) is 4.79 Å². The molecule has 1 atom stereocenters. The first-order valence-electron chi connectivity index (χ1n) is 6.55. The van der Waals surface area contributed by atoms with E-state index in [1.54, 1.807) is 0 Å². The van der Waals surface area contributed by atoms with E-state index < -0.39 is 0 Å². The van der Waals surface area contributed by atoms with Crippen molar-refractivity contribution in [2.24, 2.45) is 5.73 Å². The molecule has 2 rings (SSSR count). The van der Waals surface area contributed by atoms with E-state index in [0.29, 0.717) is 17.2 Å². The maximum absolute atomic E-state index is 12.1. The quantitative estimate of drug-likeness (QED) is 0.887. The van der Waals surface area contributed by atoms with Crippen LogP contribution in [-0.2, 0) is 0 Å². The normalized spacial score (nSPS) is 12.4. The van der Waals surface area contributed by atoms with E-state index in [1.165, 1.54) is 11.3 Å². The number of carbonyl (C=O) groups excluding carboxylic acids is 1. The lowest BCUT2D eigenvalue weighted by molar-refractivity contribution is 0.0956. The molecular formula is C14H19N3O2S. The van der Waals surface area contributed by atoms with Gasteiger partial charge in [0, 0.05) is 12.6 Å². The van der Waals surface area contributed by atoms with Crippen LogP contribution in [0.25, 0.3) is 10.8 Å². The van der Waals surface area contributed by atoms with Gasteiger partial charge in [-0.15, -0.1) is 11.3 Å². The van der Waals surface area contributed by atoms with Crippen LogP contribution in [0, 0.1) is 13.8 Å². The Bertz CT molecular complexity index is 601. The van der Waals surface area contributed by atoms with E-state index in [-0.39, 0.29) is 11.9 Å². The first-order chi connectivity index (χ1) is 9.47. The van der Waals surface area contributed by atoms with Gasteiger partial charge >= 0.3 is 0 Å². The molecule has 1 amide bonds. The largest absolute Gasteiger partial charge is 0.459 e. The molecule has 0 spiro atoms. The monoisotopic (exact) mass is 293 g/mol. The van der Waals surface area contributed by atoms with Gasteiger partial charge in [-0.2, -0.15) is 0 Å². The molecule has 0 aliphatic rings. The molecule has 0 saturated carbocycles. The zero-order valence-electron chi connectivity index (χ0n) is 11.9. The van der Waals surface area contributed by atoms with Crippen LogP contribution in [0.1, 0.15) is 34.5 Å². The number of nitrogens with zero attached hydrogens (tertiary/aromatic N) is 1. The number of aryl methyl sites for hydroxylation is 2. The summed E-state index contributed by atoms with van der Waals surface area (Å²) in [7, 11) is 0. The molecule has 5 nitrogen and oxygen atoms in total. The number of hydrogen-bond donors (Lipinski definition) is 2. The van der Waals surface area contributed by atoms with Crippen molar-refractivity contribution in [2.45, 2.75) is 33.2 Å². The van der Waals surface area contributed by atoms with Crippen molar-refractivity contribution in [2.75, 3.05) is 6.54 Å². The fourth-order valence-electron chi connectivity index (χ4n) is 1.76. The summed E-state index contributed by atoms with van der Waals surface area (Å²) < 4.78 is 5.53. The molecule has 0 radical (unpaired) electrons. The Kier molecular flexibility index (Phi) is 4.57. The maximum atomic E-state index is 12.1. The molecule has 0 aromatic carbocycles. The third-order valence-corrected chi connectivity index (χ3v) is 4.01. The highest BCUT2D eigenvalue weighted by molar-refractivity contribution is 7.17. The van der Waals surface area contributed by atoms with Crippen molar-refractivity contribution in [3.05, 3.63) is 28.5 Å². The van der Waals surface area contributed by atoms with E-state index >= 15 is 0 Å². The summed E-state index contributed by atoms with van der Waals surface area (Å²) in [4.78, 5) is 17.1. The van der Waals surface area contributed by atoms with Crippen LogP contribution in [0.5, 0.6) is 0 Å². The Labute approximate surface area is 122 Å². The minimum atomic E-state index is -0.102. The topological polar surface area (TPSA) is 81.2 Å². The number of thiazole rings is 1. The van der Waals surface area contributed by atoms with E-state index in [2.05, 4.69) is 10.3 Å². The summed E-state index contributed by atoms with van der Waals surface area (Å²) >= 11 is 1.34. The maximum Gasteiger partial charge on any atom is 0.263 e. The van der Waals surface area contributed by atoms with E-state index in [0.717, 1.165) is 22.9 Å². The Balaban J connectivity index is 2.09. The Morgan fingerprint density at radius 2 is 2.25 bits per heavy atom. The molecule has 3 N–H and O–H groups in total. The molecule has 2 heterocycles. The number of amides is 1. The van der Waals surface area contributed by atoms with Crippen molar-refractivity contribution in [3.63, 3.8) is 0 Å². The number of furan rings is 1. The van der Waals surface area contributed by atoms with Gasteiger partial charge in [-0.1, -0.05) is 0 Å². The lowest BCUT2D eigenvalue weighted by atomic mass is 10.2. The van der Waals surface area contributed by atoms with Crippen LogP contribution >= 0.6 is 11.3 Å². The second-order valence-corrected chi connectivity index (χ2v) is 5.86.